The molecule has 25 heavy (non-hydrogen) atoms. The van der Waals surface area contributed by atoms with Crippen LogP contribution in [0.1, 0.15) is 16.0 Å². The van der Waals surface area contributed by atoms with Crippen LogP contribution in [0.25, 0.3) is 0 Å². The normalized spacial score (nSPS) is 13.0. The Morgan fingerprint density at radius 1 is 1.48 bits per heavy atom. The van der Waals surface area contributed by atoms with Crippen LogP contribution in [0.2, 0.25) is 5.02 Å². The van der Waals surface area contributed by atoms with Gasteiger partial charge in [0.15, 0.2) is 6.61 Å². The average Bonchev–Trinajstić information content (AvgIpc) is 2.83. The van der Waals surface area contributed by atoms with Gasteiger partial charge in [0.1, 0.15) is 23.4 Å². The molecule has 2 heterocycles. The van der Waals surface area contributed by atoms with E-state index in [0.29, 0.717) is 27.0 Å². The molecule has 1 aliphatic heterocycles. The van der Waals surface area contributed by atoms with Gasteiger partial charge in [0, 0.05) is 9.90 Å². The molecule has 1 N–H and O–H groups in total. The molecule has 0 saturated heterocycles. The van der Waals surface area contributed by atoms with Crippen LogP contribution in [0, 0.1) is 25.2 Å². The standard InChI is InChI=1S/C17H14ClN3O3S/c1-9-10(2)25-17(12(9)6-19)20-15(22)7-21-13-5-11(18)3-4-14(13)24-8-16(21)23/h3-5H,7-8H2,1-2H3,(H,20,22). The van der Waals surface area contributed by atoms with Gasteiger partial charge in [0.2, 0.25) is 5.91 Å². The number of aryl methyl sites for hydroxylation is 1. The molecule has 0 atom stereocenters. The number of benzene rings is 1. The number of ether oxygens (including phenoxy) is 1. The molecule has 3 rings (SSSR count). The fraction of sp³-hybridized carbons (Fsp3) is 0.235. The maximum Gasteiger partial charge on any atom is 0.265 e. The van der Waals surface area contributed by atoms with E-state index >= 15 is 0 Å². The number of rotatable bonds is 3. The van der Waals surface area contributed by atoms with Gasteiger partial charge in [0.25, 0.3) is 5.91 Å². The van der Waals surface area contributed by atoms with E-state index in [4.69, 9.17) is 16.3 Å². The summed E-state index contributed by atoms with van der Waals surface area (Å²) >= 11 is 7.33. The maximum atomic E-state index is 12.4. The van der Waals surface area contributed by atoms with Crippen LogP contribution in [0.4, 0.5) is 10.7 Å². The Hall–Kier alpha value is -2.56. The van der Waals surface area contributed by atoms with Crippen LogP contribution in [0.15, 0.2) is 18.2 Å². The number of nitrogens with one attached hydrogen (secondary N) is 1. The maximum absolute atomic E-state index is 12.4. The number of hydrogen-bond donors (Lipinski definition) is 1. The first-order valence-electron chi connectivity index (χ1n) is 7.43. The van der Waals surface area contributed by atoms with E-state index in [1.165, 1.54) is 16.2 Å². The SMILES string of the molecule is Cc1sc(NC(=O)CN2C(=O)COc3ccc(Cl)cc32)c(C#N)c1C. The van der Waals surface area contributed by atoms with Crippen LogP contribution in [0.3, 0.4) is 0 Å². The summed E-state index contributed by atoms with van der Waals surface area (Å²) in [5.74, 6) is -0.222. The average molecular weight is 376 g/mol. The molecule has 0 unspecified atom stereocenters. The summed E-state index contributed by atoms with van der Waals surface area (Å²) in [7, 11) is 0. The minimum Gasteiger partial charge on any atom is -0.482 e. The van der Waals surface area contributed by atoms with Gasteiger partial charge >= 0.3 is 0 Å². The van der Waals surface area contributed by atoms with Crippen molar-refractivity contribution in [2.45, 2.75) is 13.8 Å². The molecule has 0 bridgehead atoms. The zero-order valence-corrected chi connectivity index (χ0v) is 15.1. The number of thiophene rings is 1. The number of nitriles is 1. The van der Waals surface area contributed by atoms with Crippen molar-refractivity contribution in [3.8, 4) is 11.8 Å². The Balaban J connectivity index is 1.82. The number of hydrogen-bond acceptors (Lipinski definition) is 5. The van der Waals surface area contributed by atoms with Crippen LogP contribution in [-0.2, 0) is 9.59 Å². The molecular formula is C17H14ClN3O3S. The Kier molecular flexibility index (Phi) is 4.66. The second kappa shape index (κ2) is 6.75. The summed E-state index contributed by atoms with van der Waals surface area (Å²) in [4.78, 5) is 26.9. The molecule has 2 aromatic rings. The highest BCUT2D eigenvalue weighted by atomic mass is 35.5. The van der Waals surface area contributed by atoms with Gasteiger partial charge in [-0.1, -0.05) is 11.6 Å². The lowest BCUT2D eigenvalue weighted by Crippen LogP contribution is -2.43. The summed E-state index contributed by atoms with van der Waals surface area (Å²) < 4.78 is 5.35. The van der Waals surface area contributed by atoms with Gasteiger partial charge in [-0.25, -0.2) is 0 Å². The van der Waals surface area contributed by atoms with E-state index in [-0.39, 0.29) is 25.0 Å². The van der Waals surface area contributed by atoms with Crippen molar-refractivity contribution in [2.24, 2.45) is 0 Å². The Morgan fingerprint density at radius 3 is 2.96 bits per heavy atom. The lowest BCUT2D eigenvalue weighted by molar-refractivity contribution is -0.123. The van der Waals surface area contributed by atoms with Crippen LogP contribution < -0.4 is 15.0 Å². The first-order valence-corrected chi connectivity index (χ1v) is 8.62. The molecule has 6 nitrogen and oxygen atoms in total. The van der Waals surface area contributed by atoms with E-state index in [2.05, 4.69) is 11.4 Å². The quantitative estimate of drug-likeness (QED) is 0.892. The number of fused-ring (bicyclic) bond motifs is 1. The molecule has 1 aliphatic rings. The lowest BCUT2D eigenvalue weighted by Gasteiger charge is -2.28. The van der Waals surface area contributed by atoms with E-state index in [0.717, 1.165) is 10.4 Å². The highest BCUT2D eigenvalue weighted by molar-refractivity contribution is 7.16. The summed E-state index contributed by atoms with van der Waals surface area (Å²) in [6, 6.07) is 7.01. The topological polar surface area (TPSA) is 82.4 Å². The second-order valence-corrected chi connectivity index (χ2v) is 7.19. The van der Waals surface area contributed by atoms with Gasteiger partial charge in [-0.15, -0.1) is 11.3 Å². The highest BCUT2D eigenvalue weighted by Crippen LogP contribution is 2.35. The predicted molar refractivity (Wildman–Crippen MR) is 96.4 cm³/mol. The minimum atomic E-state index is -0.390. The molecule has 128 valence electrons. The molecule has 2 amide bonds. The smallest absolute Gasteiger partial charge is 0.265 e. The van der Waals surface area contributed by atoms with Crippen LogP contribution in [0.5, 0.6) is 5.75 Å². The van der Waals surface area contributed by atoms with Crippen LogP contribution in [-0.4, -0.2) is 25.0 Å². The number of carbonyl (C=O) groups excluding carboxylic acids is 2. The van der Waals surface area contributed by atoms with E-state index in [1.54, 1.807) is 18.2 Å². The fourth-order valence-electron chi connectivity index (χ4n) is 2.51. The number of amides is 2. The Labute approximate surface area is 153 Å². The van der Waals surface area contributed by atoms with Gasteiger partial charge < -0.3 is 10.1 Å². The summed E-state index contributed by atoms with van der Waals surface area (Å²) in [6.07, 6.45) is 0. The number of halogens is 1. The molecular weight excluding hydrogens is 362 g/mol. The van der Waals surface area contributed by atoms with Gasteiger partial charge in [-0.05, 0) is 37.6 Å². The molecule has 0 aliphatic carbocycles. The zero-order chi connectivity index (χ0) is 18.1. The van der Waals surface area contributed by atoms with Crippen molar-refractivity contribution in [1.29, 1.82) is 5.26 Å². The fourth-order valence-corrected chi connectivity index (χ4v) is 3.70. The third kappa shape index (κ3) is 3.31. The molecule has 8 heteroatoms. The third-order valence-corrected chi connectivity index (χ3v) is 5.27. The first-order chi connectivity index (χ1) is 11.9. The van der Waals surface area contributed by atoms with E-state index in [9.17, 15) is 14.9 Å². The highest BCUT2D eigenvalue weighted by Gasteiger charge is 2.28. The lowest BCUT2D eigenvalue weighted by atomic mass is 10.2. The second-order valence-electron chi connectivity index (χ2n) is 5.53. The molecule has 0 saturated carbocycles. The van der Waals surface area contributed by atoms with Crippen molar-refractivity contribution in [1.82, 2.24) is 0 Å². The molecule has 0 radical (unpaired) electrons. The van der Waals surface area contributed by atoms with E-state index in [1.807, 2.05) is 13.8 Å². The van der Waals surface area contributed by atoms with Crippen molar-refractivity contribution < 1.29 is 14.3 Å². The summed E-state index contributed by atoms with van der Waals surface area (Å²) in [5.41, 5.74) is 1.76. The molecule has 0 fully saturated rings. The zero-order valence-electron chi connectivity index (χ0n) is 13.6. The summed E-state index contributed by atoms with van der Waals surface area (Å²) in [5, 5.41) is 12.9. The Bertz CT molecular complexity index is 917. The number of anilines is 2. The number of nitrogens with zero attached hydrogens (tertiary/aromatic N) is 2. The largest absolute Gasteiger partial charge is 0.482 e. The molecule has 0 spiro atoms. The first kappa shape index (κ1) is 17.3. The predicted octanol–water partition coefficient (Wildman–Crippen LogP) is 3.25. The van der Waals surface area contributed by atoms with Gasteiger partial charge in [-0.2, -0.15) is 5.26 Å². The molecule has 1 aromatic heterocycles. The molecule has 1 aromatic carbocycles. The van der Waals surface area contributed by atoms with Crippen molar-refractivity contribution in [3.63, 3.8) is 0 Å². The third-order valence-electron chi connectivity index (χ3n) is 3.92. The van der Waals surface area contributed by atoms with Crippen LogP contribution >= 0.6 is 22.9 Å². The van der Waals surface area contributed by atoms with Gasteiger partial charge in [0.05, 0.1) is 11.3 Å². The number of carbonyl (C=O) groups is 2. The monoisotopic (exact) mass is 375 g/mol. The van der Waals surface area contributed by atoms with Crippen molar-refractivity contribution >= 4 is 45.4 Å². The van der Waals surface area contributed by atoms with Crippen molar-refractivity contribution in [3.05, 3.63) is 39.2 Å². The minimum absolute atomic E-state index is 0.136. The van der Waals surface area contributed by atoms with Crippen molar-refractivity contribution in [2.75, 3.05) is 23.4 Å². The summed E-state index contributed by atoms with van der Waals surface area (Å²) in [6.45, 7) is 3.41. The Morgan fingerprint density at radius 2 is 2.24 bits per heavy atom. The van der Waals surface area contributed by atoms with Gasteiger partial charge in [-0.3, -0.25) is 14.5 Å². The van der Waals surface area contributed by atoms with E-state index < -0.39 is 0 Å².